The molecule has 0 bridgehead atoms. The van der Waals surface area contributed by atoms with E-state index in [1.165, 1.54) is 4.90 Å². The SMILES string of the molecule is NC1=NC2CN=C(N)N3C[C@H](ON=O)C(O)(O)C23N1. The van der Waals surface area contributed by atoms with Gasteiger partial charge in [0, 0.05) is 0 Å². The number of hydrogen-bond acceptors (Lipinski definition) is 11. The monoisotopic (exact) mass is 271 g/mol. The Balaban J connectivity index is 2.09. The van der Waals surface area contributed by atoms with Gasteiger partial charge in [0.1, 0.15) is 6.04 Å². The zero-order chi connectivity index (χ0) is 13.8. The van der Waals surface area contributed by atoms with Crippen LogP contribution < -0.4 is 16.8 Å². The number of aliphatic imine (C=N–C) groups is 2. The third-order valence-corrected chi connectivity index (χ3v) is 3.75. The van der Waals surface area contributed by atoms with Gasteiger partial charge < -0.3 is 36.7 Å². The maximum Gasteiger partial charge on any atom is 0.251 e. The molecule has 0 saturated carbocycles. The molecule has 0 aromatic rings. The first kappa shape index (κ1) is 11.9. The molecule has 3 heterocycles. The number of hydrogen-bond donors (Lipinski definition) is 5. The molecule has 11 nitrogen and oxygen atoms in total. The van der Waals surface area contributed by atoms with Gasteiger partial charge in [-0.05, 0) is 0 Å². The fourth-order valence-corrected chi connectivity index (χ4v) is 2.91. The second-order valence-electron chi connectivity index (χ2n) is 4.63. The van der Waals surface area contributed by atoms with Crippen LogP contribution in [0.5, 0.6) is 0 Å². The summed E-state index contributed by atoms with van der Waals surface area (Å²) < 4.78 is 0. The third-order valence-electron chi connectivity index (χ3n) is 3.75. The third kappa shape index (κ3) is 1.23. The van der Waals surface area contributed by atoms with Crippen molar-refractivity contribution in [3.05, 3.63) is 4.91 Å². The van der Waals surface area contributed by atoms with Crippen LogP contribution in [0, 0.1) is 4.91 Å². The first-order chi connectivity index (χ1) is 8.93. The molecule has 19 heavy (non-hydrogen) atoms. The lowest BCUT2D eigenvalue weighted by Gasteiger charge is -2.46. The zero-order valence-corrected chi connectivity index (χ0v) is 9.72. The van der Waals surface area contributed by atoms with Gasteiger partial charge in [0.15, 0.2) is 22.9 Å². The molecule has 2 unspecified atom stereocenters. The van der Waals surface area contributed by atoms with Crippen LogP contribution in [0.2, 0.25) is 0 Å². The van der Waals surface area contributed by atoms with Crippen molar-refractivity contribution in [1.29, 1.82) is 0 Å². The maximum absolute atomic E-state index is 10.4. The second-order valence-corrected chi connectivity index (χ2v) is 4.63. The van der Waals surface area contributed by atoms with Gasteiger partial charge in [-0.2, -0.15) is 0 Å². The first-order valence-electron chi connectivity index (χ1n) is 5.55. The van der Waals surface area contributed by atoms with Crippen molar-refractivity contribution in [3.8, 4) is 0 Å². The highest BCUT2D eigenvalue weighted by Crippen LogP contribution is 2.43. The summed E-state index contributed by atoms with van der Waals surface area (Å²) in [5.74, 6) is -2.35. The molecular formula is C8H13N7O4. The molecule has 3 aliphatic heterocycles. The van der Waals surface area contributed by atoms with Crippen LogP contribution >= 0.6 is 0 Å². The van der Waals surface area contributed by atoms with Crippen LogP contribution in [0.4, 0.5) is 0 Å². The van der Waals surface area contributed by atoms with E-state index in [-0.39, 0.29) is 25.0 Å². The van der Waals surface area contributed by atoms with Gasteiger partial charge in [-0.15, -0.1) is 4.91 Å². The summed E-state index contributed by atoms with van der Waals surface area (Å²) in [4.78, 5) is 24.2. The van der Waals surface area contributed by atoms with E-state index < -0.39 is 23.6 Å². The average Bonchev–Trinajstić information content (AvgIpc) is 2.78. The molecule has 11 heteroatoms. The van der Waals surface area contributed by atoms with E-state index >= 15 is 0 Å². The van der Waals surface area contributed by atoms with Gasteiger partial charge >= 0.3 is 0 Å². The van der Waals surface area contributed by atoms with E-state index in [0.717, 1.165) is 0 Å². The largest absolute Gasteiger partial charge is 0.370 e. The minimum Gasteiger partial charge on any atom is -0.370 e. The molecular weight excluding hydrogens is 258 g/mol. The molecule has 7 N–H and O–H groups in total. The molecule has 1 spiro atoms. The zero-order valence-electron chi connectivity index (χ0n) is 9.72. The minimum atomic E-state index is -2.46. The molecule has 0 aromatic heterocycles. The smallest absolute Gasteiger partial charge is 0.251 e. The molecule has 0 amide bonds. The quantitative estimate of drug-likeness (QED) is 0.194. The predicted octanol–water partition coefficient (Wildman–Crippen LogP) is -3.64. The molecule has 1 fully saturated rings. The highest BCUT2D eigenvalue weighted by molar-refractivity contribution is 5.87. The molecule has 3 atom stereocenters. The van der Waals surface area contributed by atoms with Crippen LogP contribution in [0.15, 0.2) is 15.3 Å². The number of rotatable bonds is 2. The van der Waals surface area contributed by atoms with Crippen molar-refractivity contribution in [3.63, 3.8) is 0 Å². The fraction of sp³-hybridized carbons (Fsp3) is 0.750. The summed E-state index contributed by atoms with van der Waals surface area (Å²) in [6.07, 6.45) is -1.30. The van der Waals surface area contributed by atoms with Crippen LogP contribution in [0.1, 0.15) is 0 Å². The average molecular weight is 271 g/mol. The molecule has 3 rings (SSSR count). The van der Waals surface area contributed by atoms with Gasteiger partial charge in [-0.3, -0.25) is 4.99 Å². The molecule has 3 aliphatic rings. The maximum atomic E-state index is 10.4. The summed E-state index contributed by atoms with van der Waals surface area (Å²) in [5.41, 5.74) is 9.86. The number of nitrogens with one attached hydrogen (secondary N) is 1. The summed E-state index contributed by atoms with van der Waals surface area (Å²) >= 11 is 0. The van der Waals surface area contributed by atoms with Gasteiger partial charge in [0.2, 0.25) is 6.10 Å². The van der Waals surface area contributed by atoms with Crippen LogP contribution in [-0.2, 0) is 4.84 Å². The highest BCUT2D eigenvalue weighted by Gasteiger charge is 2.73. The van der Waals surface area contributed by atoms with E-state index in [1.807, 2.05) is 0 Å². The lowest BCUT2D eigenvalue weighted by molar-refractivity contribution is -0.264. The Kier molecular flexibility index (Phi) is 2.17. The predicted molar refractivity (Wildman–Crippen MR) is 62.3 cm³/mol. The van der Waals surface area contributed by atoms with E-state index in [0.29, 0.717) is 0 Å². The van der Waals surface area contributed by atoms with Crippen LogP contribution in [0.3, 0.4) is 0 Å². The normalized spacial score (nSPS) is 38.7. The van der Waals surface area contributed by atoms with Gasteiger partial charge in [0.25, 0.3) is 5.79 Å². The van der Waals surface area contributed by atoms with E-state index in [9.17, 15) is 15.1 Å². The molecule has 0 radical (unpaired) electrons. The summed E-state index contributed by atoms with van der Waals surface area (Å²) in [6, 6.07) is -0.657. The highest BCUT2D eigenvalue weighted by atomic mass is 16.7. The Morgan fingerprint density at radius 3 is 2.95 bits per heavy atom. The fourth-order valence-electron chi connectivity index (χ4n) is 2.91. The van der Waals surface area contributed by atoms with Crippen LogP contribution in [-0.4, -0.2) is 63.7 Å². The van der Waals surface area contributed by atoms with Crippen molar-refractivity contribution in [1.82, 2.24) is 10.2 Å². The molecule has 104 valence electrons. The topological polar surface area (TPSA) is 171 Å². The summed E-state index contributed by atoms with van der Waals surface area (Å²) in [7, 11) is 0. The number of aliphatic hydroxyl groups is 2. The van der Waals surface area contributed by atoms with Crippen molar-refractivity contribution < 1.29 is 15.1 Å². The Hall–Kier alpha value is -2.14. The minimum absolute atomic E-state index is 0.0343. The molecule has 0 aliphatic carbocycles. The lowest BCUT2D eigenvalue weighted by Crippen LogP contribution is -2.76. The lowest BCUT2D eigenvalue weighted by atomic mass is 9.90. The number of nitrogens with two attached hydrogens (primary N) is 2. The Morgan fingerprint density at radius 2 is 2.26 bits per heavy atom. The summed E-state index contributed by atoms with van der Waals surface area (Å²) in [6.45, 7) is 0.0561. The Bertz CT molecular complexity index is 491. The number of nitrogens with zero attached hydrogens (tertiary/aromatic N) is 4. The standard InChI is InChI=1S/C8H13N7O4/c9-5-12-3-1-11-6(10)15-2-4(19-14-18)8(16,17)7(3,15)13-5/h3-4,16-17H,1-2H2,(H2,10,11)(H3,9,12,13)/t3?,4-,7?/m0/s1. The van der Waals surface area contributed by atoms with Crippen molar-refractivity contribution in [2.24, 2.45) is 26.8 Å². The van der Waals surface area contributed by atoms with Crippen molar-refractivity contribution in [2.45, 2.75) is 23.6 Å². The summed E-state index contributed by atoms with van der Waals surface area (Å²) in [5, 5.41) is 25.7. The van der Waals surface area contributed by atoms with Gasteiger partial charge in [-0.1, -0.05) is 0 Å². The first-order valence-corrected chi connectivity index (χ1v) is 5.55. The van der Waals surface area contributed by atoms with E-state index in [2.05, 4.69) is 25.5 Å². The van der Waals surface area contributed by atoms with E-state index in [4.69, 9.17) is 11.5 Å². The Morgan fingerprint density at radius 1 is 1.53 bits per heavy atom. The van der Waals surface area contributed by atoms with E-state index in [1.54, 1.807) is 0 Å². The number of guanidine groups is 2. The van der Waals surface area contributed by atoms with Gasteiger partial charge in [0.05, 0.1) is 13.1 Å². The van der Waals surface area contributed by atoms with Gasteiger partial charge in [-0.25, -0.2) is 4.99 Å². The van der Waals surface area contributed by atoms with Crippen molar-refractivity contribution in [2.75, 3.05) is 13.1 Å². The second kappa shape index (κ2) is 3.45. The Labute approximate surface area is 106 Å². The molecule has 1 saturated heterocycles. The van der Waals surface area contributed by atoms with Crippen molar-refractivity contribution >= 4 is 11.9 Å². The molecule has 0 aromatic carbocycles. The van der Waals surface area contributed by atoms with Crippen LogP contribution in [0.25, 0.3) is 0 Å².